The number of hydrogen-bond acceptors (Lipinski definition) is 3. The summed E-state index contributed by atoms with van der Waals surface area (Å²) < 4.78 is 0. The number of carbonyl (C=O) groups excluding carboxylic acids is 1. The monoisotopic (exact) mass is 240 g/mol. The Morgan fingerprint density at radius 3 is 2.82 bits per heavy atom. The van der Waals surface area contributed by atoms with Gasteiger partial charge in [-0.25, -0.2) is 0 Å². The van der Waals surface area contributed by atoms with Crippen LogP contribution in [0.2, 0.25) is 0 Å². The predicted octanol–water partition coefficient (Wildman–Crippen LogP) is 0.437. The summed E-state index contributed by atoms with van der Waals surface area (Å²) in [6.45, 7) is 1.25. The van der Waals surface area contributed by atoms with Crippen molar-refractivity contribution in [2.75, 3.05) is 13.1 Å². The summed E-state index contributed by atoms with van der Waals surface area (Å²) in [7, 11) is 0. The molecule has 2 rings (SSSR count). The van der Waals surface area contributed by atoms with Gasteiger partial charge in [-0.15, -0.1) is 0 Å². The Balaban J connectivity index is 1.98. The molecule has 0 spiro atoms. The third-order valence-electron chi connectivity index (χ3n) is 4.01. The largest absolute Gasteiger partial charge is 0.481 e. The fourth-order valence-electron chi connectivity index (χ4n) is 2.99. The van der Waals surface area contributed by atoms with Crippen molar-refractivity contribution in [2.45, 2.75) is 38.1 Å². The minimum Gasteiger partial charge on any atom is -0.481 e. The van der Waals surface area contributed by atoms with Crippen molar-refractivity contribution in [3.8, 4) is 0 Å². The van der Waals surface area contributed by atoms with E-state index in [4.69, 9.17) is 10.8 Å². The van der Waals surface area contributed by atoms with Gasteiger partial charge in [0.2, 0.25) is 5.91 Å². The van der Waals surface area contributed by atoms with Crippen LogP contribution in [0, 0.1) is 11.8 Å². The zero-order chi connectivity index (χ0) is 12.4. The van der Waals surface area contributed by atoms with Crippen molar-refractivity contribution in [3.05, 3.63) is 0 Å². The highest BCUT2D eigenvalue weighted by Crippen LogP contribution is 2.31. The third kappa shape index (κ3) is 2.60. The Morgan fingerprint density at radius 2 is 2.24 bits per heavy atom. The second-order valence-corrected chi connectivity index (χ2v) is 5.21. The molecule has 0 aromatic rings. The van der Waals surface area contributed by atoms with Gasteiger partial charge in [-0.3, -0.25) is 9.59 Å². The summed E-state index contributed by atoms with van der Waals surface area (Å²) >= 11 is 0. The molecule has 1 aliphatic carbocycles. The summed E-state index contributed by atoms with van der Waals surface area (Å²) in [5.41, 5.74) is 5.59. The molecule has 5 heteroatoms. The van der Waals surface area contributed by atoms with Crippen molar-refractivity contribution in [2.24, 2.45) is 17.6 Å². The molecule has 17 heavy (non-hydrogen) atoms. The van der Waals surface area contributed by atoms with E-state index in [1.165, 1.54) is 0 Å². The maximum Gasteiger partial charge on any atom is 0.306 e. The highest BCUT2D eigenvalue weighted by atomic mass is 16.4. The summed E-state index contributed by atoms with van der Waals surface area (Å²) in [6.07, 6.45) is 3.73. The van der Waals surface area contributed by atoms with Gasteiger partial charge in [0, 0.05) is 19.0 Å². The molecule has 0 aromatic heterocycles. The van der Waals surface area contributed by atoms with Gasteiger partial charge in [-0.2, -0.15) is 0 Å². The molecule has 3 unspecified atom stereocenters. The number of amides is 1. The van der Waals surface area contributed by atoms with Crippen molar-refractivity contribution in [1.29, 1.82) is 0 Å². The lowest BCUT2D eigenvalue weighted by atomic mass is 9.85. The van der Waals surface area contributed by atoms with E-state index < -0.39 is 5.97 Å². The Kier molecular flexibility index (Phi) is 3.66. The predicted molar refractivity (Wildman–Crippen MR) is 62.3 cm³/mol. The molecule has 0 radical (unpaired) electrons. The molecule has 0 aromatic carbocycles. The van der Waals surface area contributed by atoms with Crippen LogP contribution < -0.4 is 5.73 Å². The summed E-state index contributed by atoms with van der Waals surface area (Å²) in [6, 6.07) is 0.119. The van der Waals surface area contributed by atoms with Gasteiger partial charge in [0.25, 0.3) is 0 Å². The van der Waals surface area contributed by atoms with E-state index in [9.17, 15) is 9.59 Å². The molecule has 1 amide bonds. The van der Waals surface area contributed by atoms with E-state index in [0.717, 1.165) is 19.3 Å². The number of likely N-dealkylation sites (tertiary alicyclic amines) is 1. The maximum atomic E-state index is 11.8. The molecule has 1 saturated carbocycles. The lowest BCUT2D eigenvalue weighted by molar-refractivity contribution is -0.144. The molecule has 5 nitrogen and oxygen atoms in total. The number of hydrogen-bond donors (Lipinski definition) is 2. The molecular formula is C12H20N2O3. The van der Waals surface area contributed by atoms with Crippen LogP contribution in [0.15, 0.2) is 0 Å². The number of carboxylic acid groups (broad SMARTS) is 1. The van der Waals surface area contributed by atoms with Crippen LogP contribution in [0.1, 0.15) is 32.1 Å². The molecule has 2 fully saturated rings. The molecule has 3 atom stereocenters. The van der Waals surface area contributed by atoms with Crippen LogP contribution in [0.3, 0.4) is 0 Å². The van der Waals surface area contributed by atoms with E-state index in [2.05, 4.69) is 0 Å². The molecule has 1 aliphatic heterocycles. The summed E-state index contributed by atoms with van der Waals surface area (Å²) in [5.74, 6) is -0.598. The minimum absolute atomic E-state index is 0.119. The van der Waals surface area contributed by atoms with Gasteiger partial charge in [0.1, 0.15) is 0 Å². The molecule has 1 heterocycles. The van der Waals surface area contributed by atoms with E-state index in [1.807, 2.05) is 4.90 Å². The van der Waals surface area contributed by atoms with Gasteiger partial charge in [0.05, 0.1) is 5.92 Å². The zero-order valence-electron chi connectivity index (χ0n) is 9.97. The number of carboxylic acids is 1. The Hall–Kier alpha value is -1.10. The van der Waals surface area contributed by atoms with Crippen LogP contribution in [0.25, 0.3) is 0 Å². The van der Waals surface area contributed by atoms with E-state index >= 15 is 0 Å². The van der Waals surface area contributed by atoms with Gasteiger partial charge < -0.3 is 15.7 Å². The van der Waals surface area contributed by atoms with Crippen LogP contribution in [0.5, 0.6) is 0 Å². The van der Waals surface area contributed by atoms with Gasteiger partial charge >= 0.3 is 5.97 Å². The average molecular weight is 240 g/mol. The highest BCUT2D eigenvalue weighted by molar-refractivity contribution is 5.79. The maximum absolute atomic E-state index is 11.8. The van der Waals surface area contributed by atoms with E-state index in [-0.39, 0.29) is 23.8 Å². The number of nitrogens with two attached hydrogens (primary N) is 1. The van der Waals surface area contributed by atoms with Crippen molar-refractivity contribution < 1.29 is 14.7 Å². The van der Waals surface area contributed by atoms with Crippen LogP contribution in [-0.4, -0.2) is 41.0 Å². The first-order valence-electron chi connectivity index (χ1n) is 6.34. The van der Waals surface area contributed by atoms with Gasteiger partial charge in [0.15, 0.2) is 0 Å². The quantitative estimate of drug-likeness (QED) is 0.749. The molecule has 96 valence electrons. The van der Waals surface area contributed by atoms with Gasteiger partial charge in [-0.05, 0) is 31.7 Å². The Morgan fingerprint density at radius 1 is 1.47 bits per heavy atom. The molecule has 2 aliphatic rings. The minimum atomic E-state index is -0.725. The molecular weight excluding hydrogens is 220 g/mol. The summed E-state index contributed by atoms with van der Waals surface area (Å²) in [5, 5.41) is 9.04. The average Bonchev–Trinajstić information content (AvgIpc) is 2.71. The topological polar surface area (TPSA) is 83.6 Å². The molecule has 3 N–H and O–H groups in total. The number of nitrogens with zero attached hydrogens (tertiary/aromatic N) is 1. The number of carbonyl (C=O) groups is 2. The SMILES string of the molecule is NCC1CC(=O)N(C2CCCC(C(=O)O)C2)C1. The lowest BCUT2D eigenvalue weighted by Crippen LogP contribution is -2.41. The summed E-state index contributed by atoms with van der Waals surface area (Å²) in [4.78, 5) is 24.7. The third-order valence-corrected chi connectivity index (χ3v) is 4.01. The first-order valence-corrected chi connectivity index (χ1v) is 6.34. The fraction of sp³-hybridized carbons (Fsp3) is 0.833. The Bertz CT molecular complexity index is 319. The first kappa shape index (κ1) is 12.4. The Labute approximate surface area is 101 Å². The molecule has 0 bridgehead atoms. The van der Waals surface area contributed by atoms with Crippen LogP contribution in [-0.2, 0) is 9.59 Å². The number of aliphatic carboxylic acids is 1. The highest BCUT2D eigenvalue weighted by Gasteiger charge is 2.37. The van der Waals surface area contributed by atoms with E-state index in [1.54, 1.807) is 0 Å². The van der Waals surface area contributed by atoms with Crippen LogP contribution in [0.4, 0.5) is 0 Å². The smallest absolute Gasteiger partial charge is 0.306 e. The lowest BCUT2D eigenvalue weighted by Gasteiger charge is -2.34. The fourth-order valence-corrected chi connectivity index (χ4v) is 2.99. The van der Waals surface area contributed by atoms with Crippen molar-refractivity contribution >= 4 is 11.9 Å². The normalized spacial score (nSPS) is 34.1. The second-order valence-electron chi connectivity index (χ2n) is 5.21. The second kappa shape index (κ2) is 5.04. The van der Waals surface area contributed by atoms with Crippen molar-refractivity contribution in [3.63, 3.8) is 0 Å². The van der Waals surface area contributed by atoms with Gasteiger partial charge in [-0.1, -0.05) is 6.42 Å². The van der Waals surface area contributed by atoms with Crippen LogP contribution >= 0.6 is 0 Å². The standard InChI is InChI=1S/C12H20N2O3/c13-6-8-4-11(15)14(7-8)10-3-1-2-9(5-10)12(16)17/h8-10H,1-7,13H2,(H,16,17). The number of rotatable bonds is 3. The first-order chi connectivity index (χ1) is 8.11. The van der Waals surface area contributed by atoms with Crippen molar-refractivity contribution in [1.82, 2.24) is 4.90 Å². The van der Waals surface area contributed by atoms with E-state index in [0.29, 0.717) is 25.9 Å². The molecule has 1 saturated heterocycles. The zero-order valence-corrected chi connectivity index (χ0v) is 9.97.